The van der Waals surface area contributed by atoms with Crippen LogP contribution in [0, 0.1) is 0 Å². The molecule has 0 saturated carbocycles. The van der Waals surface area contributed by atoms with Crippen molar-refractivity contribution in [1.82, 2.24) is 10.1 Å². The van der Waals surface area contributed by atoms with Crippen LogP contribution in [0.15, 0.2) is 27.2 Å². The Kier molecular flexibility index (Phi) is 4.80. The van der Waals surface area contributed by atoms with Gasteiger partial charge in [-0.15, -0.1) is 0 Å². The zero-order valence-corrected chi connectivity index (χ0v) is 13.5. The van der Waals surface area contributed by atoms with Gasteiger partial charge in [-0.1, -0.05) is 32.7 Å². The normalized spacial score (nSPS) is 14.2. The molecule has 2 N–H and O–H groups in total. The van der Waals surface area contributed by atoms with Crippen molar-refractivity contribution in [3.63, 3.8) is 0 Å². The lowest BCUT2D eigenvalue weighted by Gasteiger charge is -2.19. The molecule has 5 nitrogen and oxygen atoms in total. The molecule has 1 heterocycles. The molecule has 1 atom stereocenters. The maximum atomic E-state index is 6.16. The van der Waals surface area contributed by atoms with Crippen molar-refractivity contribution in [3.05, 3.63) is 33.5 Å². The molecule has 2 aromatic rings. The topological polar surface area (TPSA) is 74.2 Å². The Morgan fingerprint density at radius 1 is 1.50 bits per heavy atom. The molecule has 2 rings (SSSR count). The van der Waals surface area contributed by atoms with E-state index in [1.165, 1.54) is 0 Å². The largest absolute Gasteiger partial charge is 0.379 e. The lowest BCUT2D eigenvalue weighted by molar-refractivity contribution is 0.0962. The summed E-state index contributed by atoms with van der Waals surface area (Å²) < 4.78 is 11.5. The van der Waals surface area contributed by atoms with Crippen molar-refractivity contribution < 1.29 is 9.26 Å². The summed E-state index contributed by atoms with van der Waals surface area (Å²) in [6.45, 7) is 4.59. The third kappa shape index (κ3) is 3.38. The van der Waals surface area contributed by atoms with E-state index in [-0.39, 0.29) is 0 Å². The minimum Gasteiger partial charge on any atom is -0.379 e. The number of hydrogen-bond donors (Lipinski definition) is 1. The van der Waals surface area contributed by atoms with E-state index in [1.54, 1.807) is 19.1 Å². The van der Waals surface area contributed by atoms with E-state index in [0.29, 0.717) is 35.5 Å². The standard InChI is InChI=1S/C13H15BrClN3O2/c1-3-19-7-13(2,16)12-17-11(20-18-12)9-5-4-8(14)6-10(9)15/h4-6H,3,7,16H2,1-2H3. The first-order valence-corrected chi connectivity index (χ1v) is 7.27. The Morgan fingerprint density at radius 2 is 2.25 bits per heavy atom. The van der Waals surface area contributed by atoms with Crippen LogP contribution in [-0.2, 0) is 10.3 Å². The second-order valence-corrected chi connectivity index (χ2v) is 5.92. The minimum atomic E-state index is -0.806. The number of ether oxygens (including phenoxy) is 1. The molecule has 0 radical (unpaired) electrons. The third-order valence-electron chi connectivity index (χ3n) is 2.70. The molecule has 0 fully saturated rings. The number of nitrogens with zero attached hydrogens (tertiary/aromatic N) is 2. The van der Waals surface area contributed by atoms with E-state index < -0.39 is 5.54 Å². The molecule has 1 aromatic carbocycles. The Morgan fingerprint density at radius 3 is 2.90 bits per heavy atom. The maximum Gasteiger partial charge on any atom is 0.259 e. The highest BCUT2D eigenvalue weighted by molar-refractivity contribution is 9.10. The van der Waals surface area contributed by atoms with Gasteiger partial charge in [-0.3, -0.25) is 0 Å². The number of benzene rings is 1. The quantitative estimate of drug-likeness (QED) is 0.885. The van der Waals surface area contributed by atoms with E-state index in [1.807, 2.05) is 13.0 Å². The summed E-state index contributed by atoms with van der Waals surface area (Å²) in [6, 6.07) is 5.43. The Labute approximate surface area is 130 Å². The van der Waals surface area contributed by atoms with Gasteiger partial charge in [0.1, 0.15) is 5.54 Å². The van der Waals surface area contributed by atoms with Gasteiger partial charge in [0.2, 0.25) is 0 Å². The average molecular weight is 361 g/mol. The highest BCUT2D eigenvalue weighted by Gasteiger charge is 2.28. The zero-order valence-electron chi connectivity index (χ0n) is 11.2. The van der Waals surface area contributed by atoms with Crippen LogP contribution in [0.3, 0.4) is 0 Å². The van der Waals surface area contributed by atoms with E-state index >= 15 is 0 Å². The van der Waals surface area contributed by atoms with Crippen LogP contribution in [0.5, 0.6) is 0 Å². The molecular formula is C13H15BrClN3O2. The molecule has 7 heteroatoms. The first-order chi connectivity index (χ1) is 9.44. The van der Waals surface area contributed by atoms with Crippen molar-refractivity contribution in [3.8, 4) is 11.5 Å². The monoisotopic (exact) mass is 359 g/mol. The average Bonchev–Trinajstić information content (AvgIpc) is 2.86. The molecule has 0 amide bonds. The fourth-order valence-corrected chi connectivity index (χ4v) is 2.36. The van der Waals surface area contributed by atoms with Crippen molar-refractivity contribution in [1.29, 1.82) is 0 Å². The van der Waals surface area contributed by atoms with Gasteiger partial charge >= 0.3 is 0 Å². The van der Waals surface area contributed by atoms with Gasteiger partial charge in [0.25, 0.3) is 5.89 Å². The van der Waals surface area contributed by atoms with Crippen LogP contribution < -0.4 is 5.73 Å². The molecule has 0 aliphatic carbocycles. The van der Waals surface area contributed by atoms with Crippen LogP contribution >= 0.6 is 27.5 Å². The SMILES string of the molecule is CCOCC(C)(N)c1noc(-c2ccc(Br)cc2Cl)n1. The fraction of sp³-hybridized carbons (Fsp3) is 0.385. The van der Waals surface area contributed by atoms with Crippen LogP contribution in [0.4, 0.5) is 0 Å². The van der Waals surface area contributed by atoms with E-state index in [9.17, 15) is 0 Å². The van der Waals surface area contributed by atoms with Gasteiger partial charge < -0.3 is 15.0 Å². The van der Waals surface area contributed by atoms with E-state index in [0.717, 1.165) is 4.47 Å². The first-order valence-electron chi connectivity index (χ1n) is 6.10. The number of nitrogens with two attached hydrogens (primary N) is 1. The molecule has 108 valence electrons. The fourth-order valence-electron chi connectivity index (χ4n) is 1.61. The summed E-state index contributed by atoms with van der Waals surface area (Å²) >= 11 is 9.50. The Balaban J connectivity index is 2.28. The molecule has 0 bridgehead atoms. The summed E-state index contributed by atoms with van der Waals surface area (Å²) in [4.78, 5) is 4.31. The molecule has 0 aliphatic rings. The molecule has 0 saturated heterocycles. The minimum absolute atomic E-state index is 0.316. The van der Waals surface area contributed by atoms with E-state index in [4.69, 9.17) is 26.6 Å². The van der Waals surface area contributed by atoms with Crippen LogP contribution in [0.25, 0.3) is 11.5 Å². The number of halogens is 2. The van der Waals surface area contributed by atoms with Gasteiger partial charge in [0.15, 0.2) is 5.82 Å². The highest BCUT2D eigenvalue weighted by atomic mass is 79.9. The number of rotatable bonds is 5. The molecule has 1 unspecified atom stereocenters. The van der Waals surface area contributed by atoms with Gasteiger partial charge in [-0.05, 0) is 32.0 Å². The highest BCUT2D eigenvalue weighted by Crippen LogP contribution is 2.30. The zero-order chi connectivity index (χ0) is 14.8. The summed E-state index contributed by atoms with van der Waals surface area (Å²) in [6.07, 6.45) is 0. The van der Waals surface area contributed by atoms with Crippen molar-refractivity contribution in [2.45, 2.75) is 19.4 Å². The summed E-state index contributed by atoms with van der Waals surface area (Å²) in [5.74, 6) is 0.727. The predicted molar refractivity (Wildman–Crippen MR) is 80.5 cm³/mol. The Hall–Kier alpha value is -0.950. The smallest absolute Gasteiger partial charge is 0.259 e. The second-order valence-electron chi connectivity index (χ2n) is 4.60. The van der Waals surface area contributed by atoms with Gasteiger partial charge in [0.05, 0.1) is 17.2 Å². The van der Waals surface area contributed by atoms with Crippen LogP contribution in [0.1, 0.15) is 19.7 Å². The molecule has 0 spiro atoms. The molecule has 20 heavy (non-hydrogen) atoms. The van der Waals surface area contributed by atoms with Gasteiger partial charge in [-0.2, -0.15) is 4.98 Å². The summed E-state index contributed by atoms with van der Waals surface area (Å²) in [5.41, 5.74) is 5.99. The van der Waals surface area contributed by atoms with Gasteiger partial charge in [0, 0.05) is 11.1 Å². The van der Waals surface area contributed by atoms with E-state index in [2.05, 4.69) is 26.1 Å². The number of hydrogen-bond acceptors (Lipinski definition) is 5. The third-order valence-corrected chi connectivity index (χ3v) is 3.51. The molecule has 1 aromatic heterocycles. The maximum absolute atomic E-state index is 6.16. The van der Waals surface area contributed by atoms with Crippen LogP contribution in [-0.4, -0.2) is 23.4 Å². The predicted octanol–water partition coefficient (Wildman–Crippen LogP) is 3.36. The number of aromatic nitrogens is 2. The molecule has 0 aliphatic heterocycles. The summed E-state index contributed by atoms with van der Waals surface area (Å²) in [5, 5.41) is 4.45. The molecular weight excluding hydrogens is 346 g/mol. The van der Waals surface area contributed by atoms with Gasteiger partial charge in [-0.25, -0.2) is 0 Å². The Bertz CT molecular complexity index is 601. The van der Waals surface area contributed by atoms with Crippen molar-refractivity contribution in [2.75, 3.05) is 13.2 Å². The van der Waals surface area contributed by atoms with Crippen molar-refractivity contribution in [2.24, 2.45) is 5.73 Å². The van der Waals surface area contributed by atoms with Crippen molar-refractivity contribution >= 4 is 27.5 Å². The lowest BCUT2D eigenvalue weighted by atomic mass is 10.1. The summed E-state index contributed by atoms with van der Waals surface area (Å²) in [7, 11) is 0. The van der Waals surface area contributed by atoms with Crippen LogP contribution in [0.2, 0.25) is 5.02 Å². The first kappa shape index (κ1) is 15.4. The second kappa shape index (κ2) is 6.22. The lowest BCUT2D eigenvalue weighted by Crippen LogP contribution is -2.39.